The van der Waals surface area contributed by atoms with Crippen molar-refractivity contribution in [3.05, 3.63) is 57.5 Å². The van der Waals surface area contributed by atoms with Gasteiger partial charge in [0.2, 0.25) is 0 Å². The van der Waals surface area contributed by atoms with E-state index in [0.717, 1.165) is 5.56 Å². The van der Waals surface area contributed by atoms with E-state index in [1.807, 2.05) is 0 Å². The van der Waals surface area contributed by atoms with E-state index >= 15 is 0 Å². The quantitative estimate of drug-likeness (QED) is 0.904. The number of nitrogen functional groups attached to an aromatic ring is 1. The molecule has 5 heteroatoms. The lowest BCUT2D eigenvalue weighted by molar-refractivity contribution is 0.626. The molecule has 2 N–H and O–H groups in total. The molecular weight excluding hydrogens is 262 g/mol. The third-order valence-electron chi connectivity index (χ3n) is 2.38. The molecule has 0 unspecified atom stereocenters. The second kappa shape index (κ2) is 4.90. The standard InChI is InChI=1S/C12H9Cl2FN2/c13-9-5-8(12(16)17-6-9)4-7-2-1-3-10(15)11(7)14/h1-3,5-6H,4H2,(H2,16,17). The van der Waals surface area contributed by atoms with Crippen LogP contribution in [-0.2, 0) is 6.42 Å². The lowest BCUT2D eigenvalue weighted by Gasteiger charge is -2.07. The van der Waals surface area contributed by atoms with Crippen molar-refractivity contribution in [2.75, 3.05) is 5.73 Å². The molecule has 0 aliphatic heterocycles. The van der Waals surface area contributed by atoms with Gasteiger partial charge in [0.1, 0.15) is 11.6 Å². The molecule has 0 saturated carbocycles. The number of benzene rings is 1. The fraction of sp³-hybridized carbons (Fsp3) is 0.0833. The van der Waals surface area contributed by atoms with E-state index in [0.29, 0.717) is 22.8 Å². The molecule has 88 valence electrons. The second-order valence-electron chi connectivity index (χ2n) is 3.59. The number of nitrogens with zero attached hydrogens (tertiary/aromatic N) is 1. The summed E-state index contributed by atoms with van der Waals surface area (Å²) in [5.74, 6) is -0.0764. The highest BCUT2D eigenvalue weighted by Crippen LogP contribution is 2.25. The predicted octanol–water partition coefficient (Wildman–Crippen LogP) is 3.70. The smallest absolute Gasteiger partial charge is 0.142 e. The summed E-state index contributed by atoms with van der Waals surface area (Å²) in [6, 6.07) is 6.35. The minimum Gasteiger partial charge on any atom is -0.383 e. The highest BCUT2D eigenvalue weighted by Gasteiger charge is 2.09. The largest absolute Gasteiger partial charge is 0.383 e. The molecule has 0 bridgehead atoms. The van der Waals surface area contributed by atoms with Gasteiger partial charge in [-0.2, -0.15) is 0 Å². The lowest BCUT2D eigenvalue weighted by Crippen LogP contribution is -1.99. The molecule has 0 atom stereocenters. The lowest BCUT2D eigenvalue weighted by atomic mass is 10.1. The van der Waals surface area contributed by atoms with Crippen LogP contribution >= 0.6 is 23.2 Å². The van der Waals surface area contributed by atoms with E-state index < -0.39 is 5.82 Å². The van der Waals surface area contributed by atoms with Crippen LogP contribution in [0.15, 0.2) is 30.5 Å². The maximum Gasteiger partial charge on any atom is 0.142 e. The first kappa shape index (κ1) is 12.1. The van der Waals surface area contributed by atoms with Crippen LogP contribution in [0.4, 0.5) is 10.2 Å². The summed E-state index contributed by atoms with van der Waals surface area (Å²) >= 11 is 11.7. The summed E-state index contributed by atoms with van der Waals surface area (Å²) in [7, 11) is 0. The summed E-state index contributed by atoms with van der Waals surface area (Å²) < 4.78 is 13.3. The summed E-state index contributed by atoms with van der Waals surface area (Å²) in [6.07, 6.45) is 1.86. The van der Waals surface area contributed by atoms with Crippen LogP contribution < -0.4 is 5.73 Å². The van der Waals surface area contributed by atoms with Gasteiger partial charge in [0.25, 0.3) is 0 Å². The molecule has 0 spiro atoms. The number of pyridine rings is 1. The van der Waals surface area contributed by atoms with Gasteiger partial charge in [-0.05, 0) is 17.7 Å². The predicted molar refractivity (Wildman–Crippen MR) is 67.9 cm³/mol. The molecule has 0 amide bonds. The monoisotopic (exact) mass is 270 g/mol. The Morgan fingerprint density at radius 2 is 2.00 bits per heavy atom. The van der Waals surface area contributed by atoms with Gasteiger partial charge in [-0.15, -0.1) is 0 Å². The molecule has 1 aromatic carbocycles. The maximum atomic E-state index is 13.3. The van der Waals surface area contributed by atoms with Crippen LogP contribution in [0.2, 0.25) is 10.0 Å². The van der Waals surface area contributed by atoms with Crippen LogP contribution in [0, 0.1) is 5.82 Å². The SMILES string of the molecule is Nc1ncc(Cl)cc1Cc1cccc(F)c1Cl. The van der Waals surface area contributed by atoms with E-state index in [4.69, 9.17) is 28.9 Å². The average Bonchev–Trinajstić information content (AvgIpc) is 2.30. The number of halogens is 3. The molecular formula is C12H9Cl2FN2. The van der Waals surface area contributed by atoms with Gasteiger partial charge in [0.05, 0.1) is 10.0 Å². The Hall–Kier alpha value is -1.32. The highest BCUT2D eigenvalue weighted by atomic mass is 35.5. The number of nitrogens with two attached hydrogens (primary N) is 1. The fourth-order valence-corrected chi connectivity index (χ4v) is 1.90. The van der Waals surface area contributed by atoms with Crippen LogP contribution in [0.1, 0.15) is 11.1 Å². The van der Waals surface area contributed by atoms with Gasteiger partial charge in [0.15, 0.2) is 0 Å². The molecule has 0 saturated heterocycles. The summed E-state index contributed by atoms with van der Waals surface area (Å²) in [5, 5.41) is 0.591. The molecule has 0 radical (unpaired) electrons. The first-order valence-corrected chi connectivity index (χ1v) is 5.66. The molecule has 2 nitrogen and oxygen atoms in total. The summed E-state index contributed by atoms with van der Waals surface area (Å²) in [4.78, 5) is 3.94. The van der Waals surface area contributed by atoms with E-state index in [9.17, 15) is 4.39 Å². The highest BCUT2D eigenvalue weighted by molar-refractivity contribution is 6.31. The van der Waals surface area contributed by atoms with E-state index in [-0.39, 0.29) is 5.02 Å². The van der Waals surface area contributed by atoms with Crippen LogP contribution in [0.25, 0.3) is 0 Å². The molecule has 1 heterocycles. The normalized spacial score (nSPS) is 10.5. The van der Waals surface area contributed by atoms with E-state index in [2.05, 4.69) is 4.98 Å². The topological polar surface area (TPSA) is 38.9 Å². The van der Waals surface area contributed by atoms with Crippen molar-refractivity contribution in [1.29, 1.82) is 0 Å². The van der Waals surface area contributed by atoms with Crippen molar-refractivity contribution < 1.29 is 4.39 Å². The minimum atomic E-state index is -0.447. The zero-order valence-corrected chi connectivity index (χ0v) is 10.3. The number of rotatable bonds is 2. The molecule has 0 aliphatic carbocycles. The second-order valence-corrected chi connectivity index (χ2v) is 4.40. The number of anilines is 1. The van der Waals surface area contributed by atoms with Crippen LogP contribution in [0.3, 0.4) is 0 Å². The van der Waals surface area contributed by atoms with Crippen molar-refractivity contribution in [3.63, 3.8) is 0 Å². The zero-order valence-electron chi connectivity index (χ0n) is 8.75. The Morgan fingerprint density at radius 3 is 2.76 bits per heavy atom. The van der Waals surface area contributed by atoms with Crippen molar-refractivity contribution in [2.45, 2.75) is 6.42 Å². The molecule has 1 aromatic heterocycles. The summed E-state index contributed by atoms with van der Waals surface area (Å²) in [5.41, 5.74) is 7.10. The average molecular weight is 271 g/mol. The van der Waals surface area contributed by atoms with Gasteiger partial charge < -0.3 is 5.73 Å². The third-order valence-corrected chi connectivity index (χ3v) is 3.01. The number of aromatic nitrogens is 1. The van der Waals surface area contributed by atoms with Crippen molar-refractivity contribution in [2.24, 2.45) is 0 Å². The summed E-state index contributed by atoms with van der Waals surface area (Å²) in [6.45, 7) is 0. The molecule has 17 heavy (non-hydrogen) atoms. The molecule has 2 rings (SSSR count). The Labute approximate surface area is 108 Å². The number of hydrogen-bond donors (Lipinski definition) is 1. The van der Waals surface area contributed by atoms with Gasteiger partial charge in [0, 0.05) is 18.2 Å². The van der Waals surface area contributed by atoms with Crippen LogP contribution in [-0.4, -0.2) is 4.98 Å². The molecule has 0 fully saturated rings. The first-order chi connectivity index (χ1) is 8.08. The Kier molecular flexibility index (Phi) is 3.50. The van der Waals surface area contributed by atoms with Gasteiger partial charge >= 0.3 is 0 Å². The minimum absolute atomic E-state index is 0.104. The van der Waals surface area contributed by atoms with E-state index in [1.165, 1.54) is 12.3 Å². The molecule has 2 aromatic rings. The zero-order chi connectivity index (χ0) is 12.4. The Balaban J connectivity index is 2.38. The van der Waals surface area contributed by atoms with Crippen molar-refractivity contribution in [3.8, 4) is 0 Å². The van der Waals surface area contributed by atoms with Gasteiger partial charge in [-0.3, -0.25) is 0 Å². The van der Waals surface area contributed by atoms with E-state index in [1.54, 1.807) is 18.2 Å². The molecule has 0 aliphatic rings. The third kappa shape index (κ3) is 2.68. The van der Waals surface area contributed by atoms with Crippen molar-refractivity contribution >= 4 is 29.0 Å². The van der Waals surface area contributed by atoms with Crippen molar-refractivity contribution in [1.82, 2.24) is 4.98 Å². The fourth-order valence-electron chi connectivity index (χ4n) is 1.52. The Morgan fingerprint density at radius 1 is 1.24 bits per heavy atom. The van der Waals surface area contributed by atoms with Gasteiger partial charge in [-0.25, -0.2) is 9.37 Å². The van der Waals surface area contributed by atoms with Gasteiger partial charge in [-0.1, -0.05) is 35.3 Å². The van der Waals surface area contributed by atoms with Crippen LogP contribution in [0.5, 0.6) is 0 Å². The first-order valence-electron chi connectivity index (χ1n) is 4.90. The number of hydrogen-bond acceptors (Lipinski definition) is 2. The Bertz CT molecular complexity index is 558. The maximum absolute atomic E-state index is 13.3.